The Morgan fingerprint density at radius 1 is 1.35 bits per heavy atom. The highest BCUT2D eigenvalue weighted by molar-refractivity contribution is 5.71. The Labute approximate surface area is 98.2 Å². The zero-order chi connectivity index (χ0) is 12.3. The van der Waals surface area contributed by atoms with Gasteiger partial charge < -0.3 is 15.8 Å². The van der Waals surface area contributed by atoms with E-state index in [9.17, 15) is 4.39 Å². The molecular weight excluding hydrogens is 221 g/mol. The largest absolute Gasteiger partial charge is 0.494 e. The molecule has 0 atom stereocenters. The lowest BCUT2D eigenvalue weighted by atomic mass is 10.2. The Morgan fingerprint density at radius 3 is 2.88 bits per heavy atom. The first-order valence-corrected chi connectivity index (χ1v) is 5.01. The van der Waals surface area contributed by atoms with Crippen molar-refractivity contribution in [2.24, 2.45) is 0 Å². The maximum atomic E-state index is 13.2. The molecule has 0 spiro atoms. The van der Waals surface area contributed by atoms with Gasteiger partial charge in [0.15, 0.2) is 11.6 Å². The number of methoxy groups -OCH3 is 1. The molecule has 1 heterocycles. The summed E-state index contributed by atoms with van der Waals surface area (Å²) in [5.41, 5.74) is 7.67. The monoisotopic (exact) mass is 233 g/mol. The zero-order valence-electron chi connectivity index (χ0n) is 9.27. The van der Waals surface area contributed by atoms with Crippen LogP contribution in [-0.2, 0) is 0 Å². The van der Waals surface area contributed by atoms with Crippen LogP contribution in [0.3, 0.4) is 0 Å². The standard InChI is InChI=1S/C12H12FN3O/c1-17-12-6-8(2-3-9(12)13)16-11-4-5-15-7-10(11)14/h2-7H,14H2,1H3,(H,15,16). The van der Waals surface area contributed by atoms with E-state index >= 15 is 0 Å². The molecule has 1 aromatic heterocycles. The molecule has 2 rings (SSSR count). The van der Waals surface area contributed by atoms with Crippen molar-refractivity contribution in [1.29, 1.82) is 0 Å². The van der Waals surface area contributed by atoms with Crippen LogP contribution < -0.4 is 15.8 Å². The maximum Gasteiger partial charge on any atom is 0.165 e. The summed E-state index contributed by atoms with van der Waals surface area (Å²) < 4.78 is 18.1. The summed E-state index contributed by atoms with van der Waals surface area (Å²) in [6.07, 6.45) is 3.17. The van der Waals surface area contributed by atoms with Crippen LogP contribution in [0.5, 0.6) is 5.75 Å². The van der Waals surface area contributed by atoms with Gasteiger partial charge in [0.25, 0.3) is 0 Å². The average Bonchev–Trinajstić information content (AvgIpc) is 2.34. The van der Waals surface area contributed by atoms with Crippen molar-refractivity contribution in [1.82, 2.24) is 4.98 Å². The van der Waals surface area contributed by atoms with E-state index in [0.29, 0.717) is 17.1 Å². The van der Waals surface area contributed by atoms with E-state index in [0.717, 1.165) is 0 Å². The molecule has 0 radical (unpaired) electrons. The minimum absolute atomic E-state index is 0.183. The minimum Gasteiger partial charge on any atom is -0.494 e. The van der Waals surface area contributed by atoms with Crippen molar-refractivity contribution in [2.75, 3.05) is 18.2 Å². The number of hydrogen-bond acceptors (Lipinski definition) is 4. The lowest BCUT2D eigenvalue weighted by Crippen LogP contribution is -1.97. The molecule has 0 bridgehead atoms. The van der Waals surface area contributed by atoms with Crippen LogP contribution in [0.15, 0.2) is 36.7 Å². The molecule has 0 aliphatic rings. The van der Waals surface area contributed by atoms with Crippen molar-refractivity contribution in [2.45, 2.75) is 0 Å². The van der Waals surface area contributed by atoms with Crippen molar-refractivity contribution >= 4 is 17.1 Å². The summed E-state index contributed by atoms with van der Waals surface area (Å²) >= 11 is 0. The zero-order valence-corrected chi connectivity index (χ0v) is 9.27. The van der Waals surface area contributed by atoms with E-state index in [1.54, 1.807) is 30.6 Å². The second-order valence-corrected chi connectivity index (χ2v) is 3.44. The van der Waals surface area contributed by atoms with Crippen LogP contribution in [0.4, 0.5) is 21.5 Å². The lowest BCUT2D eigenvalue weighted by molar-refractivity contribution is 0.387. The molecule has 0 fully saturated rings. The highest BCUT2D eigenvalue weighted by atomic mass is 19.1. The van der Waals surface area contributed by atoms with E-state index in [4.69, 9.17) is 10.5 Å². The molecule has 17 heavy (non-hydrogen) atoms. The van der Waals surface area contributed by atoms with Gasteiger partial charge in [-0.2, -0.15) is 0 Å². The lowest BCUT2D eigenvalue weighted by Gasteiger charge is -2.10. The number of hydrogen-bond donors (Lipinski definition) is 2. The predicted molar refractivity (Wildman–Crippen MR) is 64.9 cm³/mol. The normalized spacial score (nSPS) is 10.0. The highest BCUT2D eigenvalue weighted by Crippen LogP contribution is 2.26. The Morgan fingerprint density at radius 2 is 2.18 bits per heavy atom. The van der Waals surface area contributed by atoms with E-state index in [-0.39, 0.29) is 5.75 Å². The molecule has 0 saturated carbocycles. The second kappa shape index (κ2) is 4.69. The van der Waals surface area contributed by atoms with Gasteiger partial charge in [0.2, 0.25) is 0 Å². The van der Waals surface area contributed by atoms with Gasteiger partial charge >= 0.3 is 0 Å². The highest BCUT2D eigenvalue weighted by Gasteiger charge is 2.04. The molecule has 0 saturated heterocycles. The number of anilines is 3. The first-order valence-electron chi connectivity index (χ1n) is 5.01. The summed E-state index contributed by atoms with van der Waals surface area (Å²) in [7, 11) is 1.42. The fraction of sp³-hybridized carbons (Fsp3) is 0.0833. The molecule has 4 nitrogen and oxygen atoms in total. The van der Waals surface area contributed by atoms with Crippen LogP contribution in [0.2, 0.25) is 0 Å². The van der Waals surface area contributed by atoms with Gasteiger partial charge in [0, 0.05) is 18.0 Å². The number of halogens is 1. The van der Waals surface area contributed by atoms with Crippen LogP contribution >= 0.6 is 0 Å². The fourth-order valence-electron chi connectivity index (χ4n) is 1.41. The molecule has 3 N–H and O–H groups in total. The fourth-order valence-corrected chi connectivity index (χ4v) is 1.41. The van der Waals surface area contributed by atoms with Crippen LogP contribution in [-0.4, -0.2) is 12.1 Å². The number of pyridine rings is 1. The smallest absolute Gasteiger partial charge is 0.165 e. The van der Waals surface area contributed by atoms with Crippen LogP contribution in [0.25, 0.3) is 0 Å². The predicted octanol–water partition coefficient (Wildman–Crippen LogP) is 2.56. The van der Waals surface area contributed by atoms with Crippen LogP contribution in [0.1, 0.15) is 0 Å². The molecule has 5 heteroatoms. The summed E-state index contributed by atoms with van der Waals surface area (Å²) in [6, 6.07) is 6.25. The van der Waals surface area contributed by atoms with Gasteiger partial charge in [-0.3, -0.25) is 4.98 Å². The molecular formula is C12H12FN3O. The summed E-state index contributed by atoms with van der Waals surface area (Å²) in [5.74, 6) is -0.219. The molecule has 88 valence electrons. The number of nitrogens with two attached hydrogens (primary N) is 1. The van der Waals surface area contributed by atoms with Crippen molar-refractivity contribution in [3.63, 3.8) is 0 Å². The topological polar surface area (TPSA) is 60.2 Å². The first kappa shape index (κ1) is 11.2. The van der Waals surface area contributed by atoms with Crippen LogP contribution in [0, 0.1) is 5.82 Å². The number of ether oxygens (including phenoxy) is 1. The molecule has 0 amide bonds. The quantitative estimate of drug-likeness (QED) is 0.855. The van der Waals surface area contributed by atoms with Gasteiger partial charge in [-0.05, 0) is 18.2 Å². The molecule has 2 aromatic rings. The van der Waals surface area contributed by atoms with E-state index in [1.165, 1.54) is 13.2 Å². The Bertz CT molecular complexity index is 531. The first-order chi connectivity index (χ1) is 8.20. The van der Waals surface area contributed by atoms with E-state index < -0.39 is 5.82 Å². The number of nitrogens with zero attached hydrogens (tertiary/aromatic N) is 1. The van der Waals surface area contributed by atoms with Crippen molar-refractivity contribution in [3.05, 3.63) is 42.5 Å². The number of benzene rings is 1. The SMILES string of the molecule is COc1cc(Nc2ccncc2N)ccc1F. The minimum atomic E-state index is -0.402. The third-order valence-electron chi connectivity index (χ3n) is 2.28. The van der Waals surface area contributed by atoms with Gasteiger partial charge in [0.05, 0.1) is 24.7 Å². The second-order valence-electron chi connectivity index (χ2n) is 3.44. The number of nitrogens with one attached hydrogen (secondary N) is 1. The third kappa shape index (κ3) is 2.44. The molecule has 0 unspecified atom stereocenters. The molecule has 1 aromatic carbocycles. The Kier molecular flexibility index (Phi) is 3.09. The summed E-state index contributed by atoms with van der Waals surface area (Å²) in [6.45, 7) is 0. The van der Waals surface area contributed by atoms with Crippen molar-refractivity contribution < 1.29 is 9.13 Å². The van der Waals surface area contributed by atoms with Gasteiger partial charge in [0.1, 0.15) is 0 Å². The summed E-state index contributed by atoms with van der Waals surface area (Å²) in [5, 5.41) is 3.06. The molecule has 0 aliphatic heterocycles. The maximum absolute atomic E-state index is 13.2. The Balaban J connectivity index is 2.28. The summed E-state index contributed by atoms with van der Waals surface area (Å²) in [4.78, 5) is 3.88. The number of rotatable bonds is 3. The van der Waals surface area contributed by atoms with E-state index in [2.05, 4.69) is 10.3 Å². The number of aromatic nitrogens is 1. The van der Waals surface area contributed by atoms with Gasteiger partial charge in [-0.15, -0.1) is 0 Å². The Hall–Kier alpha value is -2.30. The van der Waals surface area contributed by atoms with Gasteiger partial charge in [-0.25, -0.2) is 4.39 Å². The average molecular weight is 233 g/mol. The van der Waals surface area contributed by atoms with Gasteiger partial charge in [-0.1, -0.05) is 0 Å². The van der Waals surface area contributed by atoms with E-state index in [1.807, 2.05) is 0 Å². The number of nitrogen functional groups attached to an aromatic ring is 1. The molecule has 0 aliphatic carbocycles. The third-order valence-corrected chi connectivity index (χ3v) is 2.28. The van der Waals surface area contributed by atoms with Crippen molar-refractivity contribution in [3.8, 4) is 5.75 Å².